The minimum absolute atomic E-state index is 0.133. The molecule has 0 radical (unpaired) electrons. The number of hydrogen-bond donors (Lipinski definition) is 0. The topological polar surface area (TPSA) is 114 Å². The lowest BCUT2D eigenvalue weighted by Crippen LogP contribution is -2.22. The van der Waals surface area contributed by atoms with Crippen molar-refractivity contribution in [2.24, 2.45) is 0 Å². The number of rotatable bonds is 17. The van der Waals surface area contributed by atoms with Crippen LogP contribution in [0.25, 0.3) is 0 Å². The fourth-order valence-corrected chi connectivity index (χ4v) is 3.66. The zero-order valence-corrected chi connectivity index (χ0v) is 17.6. The Morgan fingerprint density at radius 2 is 1.27 bits per heavy atom. The molecular weight excluding hydrogens is 388 g/mol. The summed E-state index contributed by atoms with van der Waals surface area (Å²) < 4.78 is 70.9. The van der Waals surface area contributed by atoms with E-state index in [4.69, 9.17) is 18.4 Å². The summed E-state index contributed by atoms with van der Waals surface area (Å²) in [7, 11) is -6.13. The minimum atomic E-state index is -3.73. The van der Waals surface area contributed by atoms with Crippen molar-refractivity contribution in [2.75, 3.05) is 45.0 Å². The predicted octanol–water partition coefficient (Wildman–Crippen LogP) is 1.28. The van der Waals surface area contributed by atoms with Crippen LogP contribution in [0.2, 0.25) is 0 Å². The highest BCUT2D eigenvalue weighted by Gasteiger charge is 2.16. The molecule has 0 aromatic rings. The van der Waals surface area contributed by atoms with E-state index in [-0.39, 0.29) is 24.2 Å². The molecule has 0 aliphatic heterocycles. The van der Waals surface area contributed by atoms with Crippen molar-refractivity contribution in [2.45, 2.75) is 52.4 Å². The normalized spacial score (nSPS) is 14.0. The Kier molecular flexibility index (Phi) is 13.6. The molecule has 0 aromatic heterocycles. The van der Waals surface area contributed by atoms with Crippen LogP contribution in [0, 0.1) is 0 Å². The summed E-state index contributed by atoms with van der Waals surface area (Å²) in [6, 6.07) is 0. The van der Waals surface area contributed by atoms with E-state index in [0.29, 0.717) is 39.1 Å². The van der Waals surface area contributed by atoms with Gasteiger partial charge in [-0.15, -0.1) is 0 Å². The SMILES string of the molecule is COS(=O)(=O)CCCCCS(=O)(=O)OC(C)OCCOCCOC(C)C. The molecule has 26 heavy (non-hydrogen) atoms. The lowest BCUT2D eigenvalue weighted by molar-refractivity contribution is -0.0840. The van der Waals surface area contributed by atoms with Crippen LogP contribution in [0.15, 0.2) is 0 Å². The standard InChI is InChI=1S/C15H32O9S2/c1-14(2)22-10-8-21-9-11-23-15(3)24-26(18,19)13-7-5-6-12-25(16,17)20-4/h14-15H,5-13H2,1-4H3. The molecule has 11 heteroatoms. The van der Waals surface area contributed by atoms with Crippen molar-refractivity contribution in [3.8, 4) is 0 Å². The molecule has 0 spiro atoms. The van der Waals surface area contributed by atoms with E-state index in [1.165, 1.54) is 6.92 Å². The van der Waals surface area contributed by atoms with Gasteiger partial charge in [0, 0.05) is 0 Å². The molecule has 1 atom stereocenters. The Balaban J connectivity index is 3.76. The highest BCUT2D eigenvalue weighted by atomic mass is 32.2. The molecule has 0 bridgehead atoms. The van der Waals surface area contributed by atoms with Crippen LogP contribution >= 0.6 is 0 Å². The zero-order chi connectivity index (χ0) is 20.1. The van der Waals surface area contributed by atoms with E-state index in [2.05, 4.69) is 4.18 Å². The van der Waals surface area contributed by atoms with E-state index in [1.54, 1.807) is 0 Å². The van der Waals surface area contributed by atoms with Gasteiger partial charge in [0.2, 0.25) is 0 Å². The van der Waals surface area contributed by atoms with Crippen LogP contribution in [0.1, 0.15) is 40.0 Å². The third-order valence-electron chi connectivity index (χ3n) is 3.08. The third-order valence-corrected chi connectivity index (χ3v) is 5.73. The minimum Gasteiger partial charge on any atom is -0.377 e. The smallest absolute Gasteiger partial charge is 0.269 e. The molecule has 0 saturated carbocycles. The van der Waals surface area contributed by atoms with Crippen molar-refractivity contribution < 1.29 is 39.4 Å². The van der Waals surface area contributed by atoms with Gasteiger partial charge in [-0.2, -0.15) is 16.8 Å². The molecule has 0 aliphatic carbocycles. The summed E-state index contributed by atoms with van der Waals surface area (Å²) in [6.07, 6.45) is 0.303. The Labute approximate surface area is 157 Å². The highest BCUT2D eigenvalue weighted by Crippen LogP contribution is 2.07. The summed E-state index contributed by atoms with van der Waals surface area (Å²) in [6.45, 7) is 6.80. The Morgan fingerprint density at radius 3 is 1.81 bits per heavy atom. The van der Waals surface area contributed by atoms with E-state index >= 15 is 0 Å². The molecule has 0 aliphatic rings. The van der Waals surface area contributed by atoms with Crippen LogP contribution in [0.4, 0.5) is 0 Å². The Bertz CT molecular complexity index is 543. The average Bonchev–Trinajstić information content (AvgIpc) is 2.52. The molecule has 0 rings (SSSR count). The molecule has 0 aromatic carbocycles. The largest absolute Gasteiger partial charge is 0.377 e. The van der Waals surface area contributed by atoms with Crippen LogP contribution in [0.3, 0.4) is 0 Å². The number of hydrogen-bond acceptors (Lipinski definition) is 9. The van der Waals surface area contributed by atoms with E-state index < -0.39 is 26.5 Å². The van der Waals surface area contributed by atoms with Gasteiger partial charge in [0.1, 0.15) is 0 Å². The summed E-state index contributed by atoms with van der Waals surface area (Å²) in [5, 5.41) is 0. The molecular formula is C15H32O9S2. The van der Waals surface area contributed by atoms with E-state index in [1.807, 2.05) is 13.8 Å². The summed E-state index contributed by atoms with van der Waals surface area (Å²) >= 11 is 0. The molecule has 9 nitrogen and oxygen atoms in total. The Hall–Kier alpha value is -0.300. The monoisotopic (exact) mass is 420 g/mol. The lowest BCUT2D eigenvalue weighted by atomic mass is 10.3. The maximum absolute atomic E-state index is 11.8. The van der Waals surface area contributed by atoms with Crippen LogP contribution in [0.5, 0.6) is 0 Å². The predicted molar refractivity (Wildman–Crippen MR) is 96.8 cm³/mol. The van der Waals surface area contributed by atoms with Gasteiger partial charge in [0.05, 0.1) is 51.1 Å². The van der Waals surface area contributed by atoms with Gasteiger partial charge in [0.25, 0.3) is 20.2 Å². The Morgan fingerprint density at radius 1 is 0.731 bits per heavy atom. The highest BCUT2D eigenvalue weighted by molar-refractivity contribution is 7.86. The quantitative estimate of drug-likeness (QED) is 0.195. The van der Waals surface area contributed by atoms with Crippen molar-refractivity contribution in [3.05, 3.63) is 0 Å². The average molecular weight is 421 g/mol. The second-order valence-corrected chi connectivity index (χ2v) is 9.39. The van der Waals surface area contributed by atoms with E-state index in [9.17, 15) is 16.8 Å². The molecule has 1 unspecified atom stereocenters. The second-order valence-electron chi connectivity index (χ2n) is 5.82. The number of ether oxygens (including phenoxy) is 3. The van der Waals surface area contributed by atoms with Crippen molar-refractivity contribution in [3.63, 3.8) is 0 Å². The third kappa shape index (κ3) is 15.9. The molecule has 0 heterocycles. The summed E-state index contributed by atoms with van der Waals surface area (Å²) in [4.78, 5) is 0. The van der Waals surface area contributed by atoms with Crippen LogP contribution in [-0.2, 0) is 42.8 Å². The first-order chi connectivity index (χ1) is 12.1. The molecule has 0 saturated heterocycles. The molecule has 0 amide bonds. The van der Waals surface area contributed by atoms with Gasteiger partial charge in [-0.3, -0.25) is 4.18 Å². The first kappa shape index (κ1) is 25.7. The lowest BCUT2D eigenvalue weighted by Gasteiger charge is -2.14. The van der Waals surface area contributed by atoms with Crippen molar-refractivity contribution in [1.82, 2.24) is 0 Å². The molecule has 158 valence electrons. The van der Waals surface area contributed by atoms with Gasteiger partial charge < -0.3 is 14.2 Å². The summed E-state index contributed by atoms with van der Waals surface area (Å²) in [5.41, 5.74) is 0. The fourth-order valence-electron chi connectivity index (χ4n) is 1.82. The number of unbranched alkanes of at least 4 members (excludes halogenated alkanes) is 2. The second kappa shape index (κ2) is 13.8. The van der Waals surface area contributed by atoms with Gasteiger partial charge in [-0.1, -0.05) is 6.42 Å². The first-order valence-electron chi connectivity index (χ1n) is 8.58. The van der Waals surface area contributed by atoms with Crippen molar-refractivity contribution >= 4 is 20.2 Å². The van der Waals surface area contributed by atoms with E-state index in [0.717, 1.165) is 7.11 Å². The van der Waals surface area contributed by atoms with Gasteiger partial charge in [-0.25, -0.2) is 4.18 Å². The molecule has 0 fully saturated rings. The van der Waals surface area contributed by atoms with Crippen molar-refractivity contribution in [1.29, 1.82) is 0 Å². The fraction of sp³-hybridized carbons (Fsp3) is 1.00. The van der Waals surface area contributed by atoms with Crippen LogP contribution < -0.4 is 0 Å². The maximum atomic E-state index is 11.8. The van der Waals surface area contributed by atoms with Gasteiger partial charge in [0.15, 0.2) is 6.29 Å². The van der Waals surface area contributed by atoms with Gasteiger partial charge in [-0.05, 0) is 33.6 Å². The molecule has 0 N–H and O–H groups in total. The zero-order valence-electron chi connectivity index (χ0n) is 16.0. The summed E-state index contributed by atoms with van der Waals surface area (Å²) in [5.74, 6) is -0.330. The van der Waals surface area contributed by atoms with Crippen LogP contribution in [-0.4, -0.2) is 74.3 Å². The van der Waals surface area contributed by atoms with Gasteiger partial charge >= 0.3 is 0 Å². The first-order valence-corrected chi connectivity index (χ1v) is 11.7. The maximum Gasteiger partial charge on any atom is 0.269 e.